The van der Waals surface area contributed by atoms with Crippen LogP contribution >= 0.6 is 11.6 Å². The highest BCUT2D eigenvalue weighted by Gasteiger charge is 2.07. The minimum Gasteiger partial charge on any atom is -0.494 e. The summed E-state index contributed by atoms with van der Waals surface area (Å²) in [6, 6.07) is 10.6. The maximum Gasteiger partial charge on any atom is 0.122 e. The van der Waals surface area contributed by atoms with Gasteiger partial charge in [0.1, 0.15) is 11.5 Å². The van der Waals surface area contributed by atoms with Gasteiger partial charge in [-0.05, 0) is 73.6 Å². The molecule has 0 heterocycles. The number of unbranched alkanes of at least 4 members (excludes halogenated alkanes) is 5. The molecule has 2 rings (SSSR count). The molecule has 0 aliphatic rings. The van der Waals surface area contributed by atoms with E-state index in [1.54, 1.807) is 0 Å². The van der Waals surface area contributed by atoms with Gasteiger partial charge in [0.15, 0.2) is 0 Å². The molecule has 1 atom stereocenters. The molecule has 156 valence electrons. The molecule has 0 aliphatic heterocycles. The minimum atomic E-state index is 0.301. The zero-order valence-corrected chi connectivity index (χ0v) is 18.7. The topological polar surface area (TPSA) is 18.5 Å². The Hall–Kier alpha value is -1.41. The van der Waals surface area contributed by atoms with Crippen LogP contribution < -0.4 is 9.47 Å². The third kappa shape index (κ3) is 7.54. The number of hydrogen-bond acceptors (Lipinski definition) is 2. The lowest BCUT2D eigenvalue weighted by molar-refractivity contribution is 0.303. The Labute approximate surface area is 176 Å². The van der Waals surface area contributed by atoms with E-state index in [9.17, 15) is 0 Å². The van der Waals surface area contributed by atoms with Crippen LogP contribution in [0.2, 0.25) is 0 Å². The van der Waals surface area contributed by atoms with E-state index >= 15 is 0 Å². The van der Waals surface area contributed by atoms with E-state index in [0.29, 0.717) is 5.38 Å². The maximum atomic E-state index is 6.17. The number of alkyl halides is 1. The molecule has 1 unspecified atom stereocenters. The van der Waals surface area contributed by atoms with Gasteiger partial charge in [0.05, 0.1) is 13.2 Å². The number of hydrogen-bond donors (Lipinski definition) is 0. The predicted molar refractivity (Wildman–Crippen MR) is 122 cm³/mol. The highest BCUT2D eigenvalue weighted by molar-refractivity contribution is 6.20. The molecule has 0 amide bonds. The summed E-state index contributed by atoms with van der Waals surface area (Å²) in [6.45, 7) is 8.07. The third-order valence-electron chi connectivity index (χ3n) is 5.34. The molecule has 2 aromatic carbocycles. The molecule has 0 N–H and O–H groups in total. The molecule has 0 aromatic heterocycles. The molecule has 28 heavy (non-hydrogen) atoms. The van der Waals surface area contributed by atoms with Crippen LogP contribution in [-0.4, -0.2) is 18.6 Å². The average Bonchev–Trinajstić information content (AvgIpc) is 2.71. The van der Waals surface area contributed by atoms with E-state index < -0.39 is 0 Å². The molecule has 0 aliphatic carbocycles. The van der Waals surface area contributed by atoms with Crippen LogP contribution in [0.1, 0.15) is 77.2 Å². The third-order valence-corrected chi connectivity index (χ3v) is 5.87. The number of rotatable bonds is 14. The summed E-state index contributed by atoms with van der Waals surface area (Å²) < 4.78 is 12.0. The van der Waals surface area contributed by atoms with Crippen LogP contribution in [0.4, 0.5) is 0 Å². The molecular formula is C25H37ClO2. The largest absolute Gasteiger partial charge is 0.494 e. The molecule has 0 fully saturated rings. The van der Waals surface area contributed by atoms with Crippen molar-refractivity contribution < 1.29 is 9.47 Å². The Bertz CT molecular complexity index is 698. The fraction of sp³-hybridized carbons (Fsp3) is 0.600. The Kier molecular flexibility index (Phi) is 10.6. The van der Waals surface area contributed by atoms with E-state index in [4.69, 9.17) is 21.1 Å². The summed E-state index contributed by atoms with van der Waals surface area (Å²) in [7, 11) is 0. The fourth-order valence-corrected chi connectivity index (χ4v) is 3.59. The van der Waals surface area contributed by atoms with Gasteiger partial charge in [0.25, 0.3) is 0 Å². The number of ether oxygens (including phenoxy) is 2. The van der Waals surface area contributed by atoms with Crippen molar-refractivity contribution in [1.82, 2.24) is 0 Å². The smallest absolute Gasteiger partial charge is 0.122 e. The van der Waals surface area contributed by atoms with Gasteiger partial charge in [-0.15, -0.1) is 11.6 Å². The van der Waals surface area contributed by atoms with E-state index in [-0.39, 0.29) is 0 Å². The normalized spacial score (nSPS) is 12.3. The SMILES string of the molecule is CCCCCCCOc1ccc2c(C)c(OCCCCC(Cl)CC)ccc2c1. The number of benzene rings is 2. The van der Waals surface area contributed by atoms with Crippen LogP contribution in [0.25, 0.3) is 10.8 Å². The summed E-state index contributed by atoms with van der Waals surface area (Å²) in [4.78, 5) is 0. The van der Waals surface area contributed by atoms with E-state index in [2.05, 4.69) is 51.1 Å². The van der Waals surface area contributed by atoms with Gasteiger partial charge >= 0.3 is 0 Å². The average molecular weight is 405 g/mol. The molecule has 2 nitrogen and oxygen atoms in total. The Morgan fingerprint density at radius 3 is 2.39 bits per heavy atom. The first-order valence-corrected chi connectivity index (χ1v) is 11.5. The molecule has 0 saturated heterocycles. The highest BCUT2D eigenvalue weighted by Crippen LogP contribution is 2.30. The molecule has 0 bridgehead atoms. The van der Waals surface area contributed by atoms with Gasteiger partial charge in [-0.1, -0.05) is 51.7 Å². The second kappa shape index (κ2) is 12.9. The van der Waals surface area contributed by atoms with Crippen molar-refractivity contribution in [3.63, 3.8) is 0 Å². The van der Waals surface area contributed by atoms with Crippen LogP contribution in [0.5, 0.6) is 11.5 Å². The molecule has 0 spiro atoms. The first kappa shape index (κ1) is 22.9. The van der Waals surface area contributed by atoms with Gasteiger partial charge in [-0.3, -0.25) is 0 Å². The lowest BCUT2D eigenvalue weighted by atomic mass is 10.0. The summed E-state index contributed by atoms with van der Waals surface area (Å²) in [5, 5.41) is 2.75. The molecule has 2 aromatic rings. The predicted octanol–water partition coefficient (Wildman–Crippen LogP) is 8.06. The van der Waals surface area contributed by atoms with E-state index in [1.165, 1.54) is 42.0 Å². The van der Waals surface area contributed by atoms with Crippen LogP contribution in [0.3, 0.4) is 0 Å². The van der Waals surface area contributed by atoms with Crippen molar-refractivity contribution in [3.8, 4) is 11.5 Å². The van der Waals surface area contributed by atoms with Gasteiger partial charge in [-0.2, -0.15) is 0 Å². The van der Waals surface area contributed by atoms with Crippen molar-refractivity contribution in [2.24, 2.45) is 0 Å². The second-order valence-electron chi connectivity index (χ2n) is 7.68. The molecule has 0 saturated carbocycles. The standard InChI is InChI=1S/C25H37ClO2/c1-4-6-7-8-10-17-27-23-14-15-24-20(3)25(16-13-21(24)19-23)28-18-11-9-12-22(26)5-2/h13-16,19,22H,4-12,17-18H2,1-3H3. The fourth-order valence-electron chi connectivity index (χ4n) is 3.44. The number of aryl methyl sites for hydroxylation is 1. The van der Waals surface area contributed by atoms with Crippen molar-refractivity contribution in [3.05, 3.63) is 35.9 Å². The quantitative estimate of drug-likeness (QED) is 0.234. The van der Waals surface area contributed by atoms with E-state index in [0.717, 1.165) is 56.8 Å². The Morgan fingerprint density at radius 2 is 1.61 bits per heavy atom. The first-order valence-electron chi connectivity index (χ1n) is 11.1. The monoisotopic (exact) mass is 404 g/mol. The van der Waals surface area contributed by atoms with Gasteiger partial charge in [0.2, 0.25) is 0 Å². The molecular weight excluding hydrogens is 368 g/mol. The van der Waals surface area contributed by atoms with Crippen molar-refractivity contribution >= 4 is 22.4 Å². The number of halogens is 1. The maximum absolute atomic E-state index is 6.17. The van der Waals surface area contributed by atoms with Gasteiger partial charge < -0.3 is 9.47 Å². The Morgan fingerprint density at radius 1 is 0.857 bits per heavy atom. The lowest BCUT2D eigenvalue weighted by Crippen LogP contribution is -2.02. The summed E-state index contributed by atoms with van der Waals surface area (Å²) in [6.07, 6.45) is 10.6. The van der Waals surface area contributed by atoms with E-state index in [1.807, 2.05) is 0 Å². The van der Waals surface area contributed by atoms with Crippen LogP contribution in [0, 0.1) is 6.92 Å². The zero-order chi connectivity index (χ0) is 20.2. The molecule has 0 radical (unpaired) electrons. The van der Waals surface area contributed by atoms with Crippen molar-refractivity contribution in [2.75, 3.05) is 13.2 Å². The Balaban J connectivity index is 1.84. The second-order valence-corrected chi connectivity index (χ2v) is 8.30. The van der Waals surface area contributed by atoms with Crippen molar-refractivity contribution in [1.29, 1.82) is 0 Å². The zero-order valence-electron chi connectivity index (χ0n) is 17.9. The van der Waals surface area contributed by atoms with Crippen molar-refractivity contribution in [2.45, 2.75) is 83.9 Å². The number of fused-ring (bicyclic) bond motifs is 1. The molecule has 3 heteroatoms. The summed E-state index contributed by atoms with van der Waals surface area (Å²) in [5.41, 5.74) is 1.20. The van der Waals surface area contributed by atoms with Gasteiger partial charge in [-0.25, -0.2) is 0 Å². The highest BCUT2D eigenvalue weighted by atomic mass is 35.5. The minimum absolute atomic E-state index is 0.301. The van der Waals surface area contributed by atoms with Crippen LogP contribution in [-0.2, 0) is 0 Å². The van der Waals surface area contributed by atoms with Crippen LogP contribution in [0.15, 0.2) is 30.3 Å². The summed E-state index contributed by atoms with van der Waals surface area (Å²) >= 11 is 6.17. The summed E-state index contributed by atoms with van der Waals surface area (Å²) in [5.74, 6) is 1.94. The first-order chi connectivity index (χ1) is 13.7. The van der Waals surface area contributed by atoms with Gasteiger partial charge in [0, 0.05) is 5.38 Å². The lowest BCUT2D eigenvalue weighted by Gasteiger charge is -2.13.